The Morgan fingerprint density at radius 2 is 1.56 bits per heavy atom. The number of nitrogens with zero attached hydrogens (tertiary/aromatic N) is 2. The zero-order valence-electron chi connectivity index (χ0n) is 24.4. The molecule has 0 spiro atoms. The molecule has 0 bridgehead atoms. The molecule has 0 radical (unpaired) electrons. The van der Waals surface area contributed by atoms with Crippen molar-refractivity contribution in [3.63, 3.8) is 0 Å². The van der Waals surface area contributed by atoms with E-state index in [-0.39, 0.29) is 29.9 Å². The van der Waals surface area contributed by atoms with Gasteiger partial charge in [-0.15, -0.1) is 0 Å². The van der Waals surface area contributed by atoms with Crippen molar-refractivity contribution in [1.29, 1.82) is 0 Å². The summed E-state index contributed by atoms with van der Waals surface area (Å²) in [5, 5.41) is 8.95. The fourth-order valence-electron chi connectivity index (χ4n) is 5.83. The van der Waals surface area contributed by atoms with E-state index in [1.807, 2.05) is 65.6 Å². The highest BCUT2D eigenvalue weighted by Gasteiger charge is 2.35. The van der Waals surface area contributed by atoms with Gasteiger partial charge in [0.2, 0.25) is 11.8 Å². The van der Waals surface area contributed by atoms with E-state index >= 15 is 0 Å². The summed E-state index contributed by atoms with van der Waals surface area (Å²) in [7, 11) is 0. The molecule has 8 nitrogen and oxygen atoms in total. The van der Waals surface area contributed by atoms with E-state index < -0.39 is 6.04 Å². The Balaban J connectivity index is 1.31. The summed E-state index contributed by atoms with van der Waals surface area (Å²) in [6.07, 6.45) is 2.22. The van der Waals surface area contributed by atoms with Crippen molar-refractivity contribution in [1.82, 2.24) is 15.5 Å². The number of nitrogens with one attached hydrogen (secondary N) is 2. The third kappa shape index (κ3) is 7.99. The van der Waals surface area contributed by atoms with Gasteiger partial charge in [-0.1, -0.05) is 103 Å². The molecule has 5 rings (SSSR count). The predicted molar refractivity (Wildman–Crippen MR) is 172 cm³/mol. The Bertz CT molecular complexity index is 1500. The molecule has 1 saturated heterocycles. The highest BCUT2D eigenvalue weighted by atomic mass is 16.2. The van der Waals surface area contributed by atoms with E-state index in [9.17, 15) is 9.59 Å². The molecule has 43 heavy (non-hydrogen) atoms. The van der Waals surface area contributed by atoms with Crippen LogP contribution in [0.5, 0.6) is 0 Å². The number of carbonyl (C=O) groups excluding carboxylic acids is 2. The van der Waals surface area contributed by atoms with Crippen molar-refractivity contribution < 1.29 is 9.59 Å². The summed E-state index contributed by atoms with van der Waals surface area (Å²) in [5.74, 6) is 0.0367. The molecule has 1 aliphatic rings. The molecule has 1 fully saturated rings. The summed E-state index contributed by atoms with van der Waals surface area (Å²) >= 11 is 0. The van der Waals surface area contributed by atoms with Crippen molar-refractivity contribution in [3.05, 3.63) is 120 Å². The maximum absolute atomic E-state index is 14.2. The third-order valence-electron chi connectivity index (χ3n) is 7.95. The zero-order chi connectivity index (χ0) is 30.0. The lowest BCUT2D eigenvalue weighted by Gasteiger charge is -2.33. The van der Waals surface area contributed by atoms with E-state index in [1.54, 1.807) is 0 Å². The first kappa shape index (κ1) is 29.8. The normalized spacial score (nSPS) is 17.0. The number of hydrogen-bond donors (Lipinski definition) is 4. The monoisotopic (exact) mass is 576 g/mol. The SMILES string of the molecule is NC(N)=NCCC[C@@H]1N[C@H](CNC(=O)Cc2ccc3ccccc3c2)CCN(C(c2ccccc2)c2ccccc2)C1=O. The van der Waals surface area contributed by atoms with Gasteiger partial charge < -0.3 is 27.0 Å². The topological polar surface area (TPSA) is 126 Å². The van der Waals surface area contributed by atoms with Crippen LogP contribution in [0.25, 0.3) is 10.8 Å². The van der Waals surface area contributed by atoms with Gasteiger partial charge in [-0.05, 0) is 46.7 Å². The Morgan fingerprint density at radius 3 is 2.23 bits per heavy atom. The van der Waals surface area contributed by atoms with Crippen LogP contribution in [0.3, 0.4) is 0 Å². The molecule has 6 N–H and O–H groups in total. The van der Waals surface area contributed by atoms with Gasteiger partial charge in [0.25, 0.3) is 0 Å². The summed E-state index contributed by atoms with van der Waals surface area (Å²) in [4.78, 5) is 33.3. The van der Waals surface area contributed by atoms with Crippen LogP contribution in [0.1, 0.15) is 42.0 Å². The summed E-state index contributed by atoms with van der Waals surface area (Å²) in [6, 6.07) is 33.8. The highest BCUT2D eigenvalue weighted by Crippen LogP contribution is 2.31. The quantitative estimate of drug-likeness (QED) is 0.122. The van der Waals surface area contributed by atoms with Gasteiger partial charge in [-0.25, -0.2) is 0 Å². The first-order chi connectivity index (χ1) is 21.0. The minimum atomic E-state index is -0.436. The van der Waals surface area contributed by atoms with Gasteiger partial charge in [-0.2, -0.15) is 0 Å². The Labute approximate surface area is 253 Å². The smallest absolute Gasteiger partial charge is 0.240 e. The number of nitrogens with two attached hydrogens (primary N) is 2. The van der Waals surface area contributed by atoms with E-state index in [1.165, 1.54) is 0 Å². The summed E-state index contributed by atoms with van der Waals surface area (Å²) in [5.41, 5.74) is 14.1. The lowest BCUT2D eigenvalue weighted by molar-refractivity contribution is -0.134. The molecule has 1 aliphatic heterocycles. The van der Waals surface area contributed by atoms with Gasteiger partial charge in [0.15, 0.2) is 5.96 Å². The van der Waals surface area contributed by atoms with Crippen LogP contribution in [-0.2, 0) is 16.0 Å². The maximum atomic E-state index is 14.2. The second-order valence-corrected chi connectivity index (χ2v) is 11.1. The Hall–Kier alpha value is -4.69. The molecule has 0 aromatic heterocycles. The zero-order valence-corrected chi connectivity index (χ0v) is 24.4. The molecule has 2 amide bonds. The maximum Gasteiger partial charge on any atom is 0.240 e. The fraction of sp³-hybridized carbons (Fsp3) is 0.286. The number of fused-ring (bicyclic) bond motifs is 1. The molecular weight excluding hydrogens is 536 g/mol. The van der Waals surface area contributed by atoms with Crippen LogP contribution in [0.2, 0.25) is 0 Å². The second kappa shape index (κ2) is 14.5. The number of aliphatic imine (C=N–C) groups is 1. The molecule has 4 aromatic rings. The summed E-state index contributed by atoms with van der Waals surface area (Å²) < 4.78 is 0. The van der Waals surface area contributed by atoms with Crippen LogP contribution < -0.4 is 22.1 Å². The number of carbonyl (C=O) groups is 2. The van der Waals surface area contributed by atoms with Crippen molar-refractivity contribution >= 4 is 28.5 Å². The van der Waals surface area contributed by atoms with Gasteiger partial charge in [0.05, 0.1) is 18.5 Å². The van der Waals surface area contributed by atoms with E-state index in [2.05, 4.69) is 58.1 Å². The highest BCUT2D eigenvalue weighted by molar-refractivity contribution is 5.85. The van der Waals surface area contributed by atoms with Crippen LogP contribution in [0.15, 0.2) is 108 Å². The molecule has 0 saturated carbocycles. The van der Waals surface area contributed by atoms with Crippen LogP contribution in [0, 0.1) is 0 Å². The molecule has 2 atom stereocenters. The molecule has 0 aliphatic carbocycles. The first-order valence-electron chi connectivity index (χ1n) is 14.9. The van der Waals surface area contributed by atoms with Crippen LogP contribution >= 0.6 is 0 Å². The van der Waals surface area contributed by atoms with Crippen molar-refractivity contribution in [2.45, 2.75) is 43.8 Å². The molecule has 8 heteroatoms. The molecule has 4 aromatic carbocycles. The standard InChI is InChI=1S/C35H40N6O2/c36-35(37)38-20-9-16-31-34(43)41(33(27-11-3-1-4-12-27)28-13-5-2-6-14-28)21-19-30(40-31)24-39-32(42)23-25-17-18-26-10-7-8-15-29(26)22-25/h1-8,10-15,17-18,22,30-31,33,40H,9,16,19-21,23-24H2,(H,39,42)(H4,36,37,38)/t30-,31-/m0/s1. The largest absolute Gasteiger partial charge is 0.370 e. The Morgan fingerprint density at radius 1 is 0.907 bits per heavy atom. The number of guanidine groups is 1. The van der Waals surface area contributed by atoms with Crippen LogP contribution in [-0.4, -0.2) is 54.4 Å². The van der Waals surface area contributed by atoms with Gasteiger partial charge in [-0.3, -0.25) is 14.6 Å². The molecule has 1 heterocycles. The van der Waals surface area contributed by atoms with E-state index in [0.717, 1.165) is 27.5 Å². The third-order valence-corrected chi connectivity index (χ3v) is 7.95. The average Bonchev–Trinajstić information content (AvgIpc) is 3.18. The van der Waals surface area contributed by atoms with E-state index in [0.29, 0.717) is 45.3 Å². The van der Waals surface area contributed by atoms with Gasteiger partial charge >= 0.3 is 0 Å². The lowest BCUT2D eigenvalue weighted by Crippen LogP contribution is -2.49. The van der Waals surface area contributed by atoms with Crippen LogP contribution in [0.4, 0.5) is 0 Å². The molecule has 0 unspecified atom stereocenters. The predicted octanol–water partition coefficient (Wildman–Crippen LogP) is 3.90. The number of amides is 2. The molecule has 222 valence electrons. The van der Waals surface area contributed by atoms with Gasteiger partial charge in [0.1, 0.15) is 0 Å². The second-order valence-electron chi connectivity index (χ2n) is 11.1. The van der Waals surface area contributed by atoms with Crippen molar-refractivity contribution in [3.8, 4) is 0 Å². The number of benzene rings is 4. The summed E-state index contributed by atoms with van der Waals surface area (Å²) in [6.45, 7) is 1.43. The minimum Gasteiger partial charge on any atom is -0.370 e. The van der Waals surface area contributed by atoms with Crippen molar-refractivity contribution in [2.24, 2.45) is 16.5 Å². The first-order valence-corrected chi connectivity index (χ1v) is 14.9. The molecular formula is C35H40N6O2. The Kier molecular flexibility index (Phi) is 10.0. The number of rotatable bonds is 11. The average molecular weight is 577 g/mol. The van der Waals surface area contributed by atoms with Crippen molar-refractivity contribution in [2.75, 3.05) is 19.6 Å². The lowest BCUT2D eigenvalue weighted by atomic mass is 9.96. The van der Waals surface area contributed by atoms with Gasteiger partial charge in [0, 0.05) is 25.7 Å². The minimum absolute atomic E-state index is 0.0346. The fourth-order valence-corrected chi connectivity index (χ4v) is 5.83. The van der Waals surface area contributed by atoms with E-state index in [4.69, 9.17) is 11.5 Å². The number of hydrogen-bond acceptors (Lipinski definition) is 4.